The van der Waals surface area contributed by atoms with Crippen LogP contribution in [0.1, 0.15) is 0 Å². The Bertz CT molecular complexity index is 337. The van der Waals surface area contributed by atoms with Gasteiger partial charge in [-0.1, -0.05) is 0 Å². The van der Waals surface area contributed by atoms with Crippen LogP contribution in [-0.4, -0.2) is 52.6 Å². The molecule has 103 valence electrons. The van der Waals surface area contributed by atoms with Gasteiger partial charge in [-0.15, -0.1) is 0 Å². The van der Waals surface area contributed by atoms with Crippen LogP contribution in [-0.2, 0) is 48.3 Å². The summed E-state index contributed by atoms with van der Waals surface area (Å²) in [4.78, 5) is 0. The third kappa shape index (κ3) is 145000. The van der Waals surface area contributed by atoms with Crippen molar-refractivity contribution in [1.29, 1.82) is 0 Å². The average molecular weight is 343 g/mol. The van der Waals surface area contributed by atoms with Gasteiger partial charge in [-0.3, -0.25) is 25.3 Å². The fourth-order valence-corrected chi connectivity index (χ4v) is 0. The quantitative estimate of drug-likeness (QED) is 0.232. The summed E-state index contributed by atoms with van der Waals surface area (Å²) in [6.07, 6.45) is 0. The molecule has 0 aromatic carbocycles. The zero-order chi connectivity index (χ0) is 13.5. The van der Waals surface area contributed by atoms with E-state index in [0.29, 0.717) is 0 Å². The Hall–Kier alpha value is 0.129. The van der Waals surface area contributed by atoms with Gasteiger partial charge >= 0.3 is 0 Å². The molecule has 0 unspecified atom stereocenters. The van der Waals surface area contributed by atoms with E-state index in [2.05, 4.69) is 0 Å². The molecule has 16 heteroatoms. The van der Waals surface area contributed by atoms with Gasteiger partial charge in [0.2, 0.25) is 0 Å². The Morgan fingerprint density at radius 3 is 0.438 bits per heavy atom. The molecule has 0 heterocycles. The molecule has 0 spiro atoms. The molecule has 12 nitrogen and oxygen atoms in total. The van der Waals surface area contributed by atoms with Gasteiger partial charge in [-0.25, -0.2) is 0 Å². The summed E-state index contributed by atoms with van der Waals surface area (Å²) in [5.74, 6) is 0. The van der Waals surface area contributed by atoms with Crippen LogP contribution in [0.3, 0.4) is 0 Å². The van der Waals surface area contributed by atoms with E-state index in [1.807, 2.05) is 0 Å². The van der Waals surface area contributed by atoms with Crippen LogP contribution in [0.25, 0.3) is 0 Å². The second-order valence-electron chi connectivity index (χ2n) is 1.22. The van der Waals surface area contributed by atoms with E-state index < -0.39 is 31.2 Å². The second-order valence-corrected chi connectivity index (χ2v) is 3.67. The first-order chi connectivity index (χ1) is 6.00. The summed E-state index contributed by atoms with van der Waals surface area (Å²) in [5.41, 5.74) is 0. The van der Waals surface area contributed by atoms with Crippen molar-refractivity contribution in [1.82, 2.24) is 0 Å². The minimum atomic E-state index is -5.17. The van der Waals surface area contributed by atoms with Crippen LogP contribution in [0, 0.1) is 0 Å². The molecule has 0 aliphatic rings. The van der Waals surface area contributed by atoms with Gasteiger partial charge in [0.05, 0.1) is 0 Å². The predicted octanol–water partition coefficient (Wildman–Crippen LogP) is -4.02. The first kappa shape index (κ1) is 25.1. The second kappa shape index (κ2) is 9.19. The van der Waals surface area contributed by atoms with Gasteiger partial charge in [-0.05, 0) is 0 Å². The molecule has 1 radical (unpaired) electrons. The van der Waals surface area contributed by atoms with Crippen molar-refractivity contribution in [3.63, 3.8) is 0 Å². The minimum absolute atomic E-state index is 0. The molecule has 0 aliphatic heterocycles. The zero-order valence-corrected chi connectivity index (χ0v) is 10.1. The van der Waals surface area contributed by atoms with Gasteiger partial charge < -0.3 is 27.3 Å². The Morgan fingerprint density at radius 2 is 0.438 bits per heavy atom. The normalized spacial score (nSPS) is 10.9. The van der Waals surface area contributed by atoms with Gasteiger partial charge in [0.25, 0.3) is 0 Å². The number of rotatable bonds is 0. The monoisotopic (exact) mass is 343 g/mol. The van der Waals surface area contributed by atoms with Crippen LogP contribution >= 0.6 is 0 Å². The zero-order valence-electron chi connectivity index (χ0n) is 6.50. The molecule has 0 saturated carbocycles. The molecule has 0 fully saturated rings. The molecule has 0 aliphatic carbocycles. The molecule has 0 rings (SSSR count). The largest absolute Gasteiger partial charge is 0.759 e. The van der Waals surface area contributed by atoms with E-state index in [-0.39, 0.29) is 17.1 Å². The molecule has 0 amide bonds. The molecular weight excluding hydrogens is 343 g/mol. The third-order valence-electron chi connectivity index (χ3n) is 0. The van der Waals surface area contributed by atoms with Crippen molar-refractivity contribution in [2.45, 2.75) is 0 Å². The van der Waals surface area contributed by atoms with Crippen molar-refractivity contribution in [3.05, 3.63) is 0 Å². The SMILES string of the molecule is O=S(=O)([O-])[O-].O=S(=O)([O-])[O-].O=S(=O)([O-])[O-].[Mn]. The van der Waals surface area contributed by atoms with E-state index in [1.165, 1.54) is 0 Å². The van der Waals surface area contributed by atoms with Crippen LogP contribution in [0.2, 0.25) is 0 Å². The minimum Gasteiger partial charge on any atom is -0.759 e. The Balaban J connectivity index is -0.0000000655. The van der Waals surface area contributed by atoms with Crippen LogP contribution in [0.4, 0.5) is 0 Å². The van der Waals surface area contributed by atoms with E-state index in [0.717, 1.165) is 0 Å². The van der Waals surface area contributed by atoms with Crippen molar-refractivity contribution >= 4 is 31.2 Å². The average Bonchev–Trinajstić information content (AvgIpc) is 1.41. The van der Waals surface area contributed by atoms with Gasteiger partial charge in [0, 0.05) is 48.3 Å². The molecule has 16 heavy (non-hydrogen) atoms. The number of hydrogen-bond acceptors (Lipinski definition) is 12. The van der Waals surface area contributed by atoms with Crippen molar-refractivity contribution < 1.29 is 69.6 Å². The van der Waals surface area contributed by atoms with Crippen molar-refractivity contribution in [3.8, 4) is 0 Å². The van der Waals surface area contributed by atoms with E-state index in [1.54, 1.807) is 0 Å². The van der Waals surface area contributed by atoms with Crippen molar-refractivity contribution in [2.75, 3.05) is 0 Å². The molecule has 0 aromatic heterocycles. The summed E-state index contributed by atoms with van der Waals surface area (Å²) in [5, 5.41) is 0. The Morgan fingerprint density at radius 1 is 0.438 bits per heavy atom. The molecule has 0 saturated heterocycles. The van der Waals surface area contributed by atoms with Gasteiger partial charge in [-0.2, -0.15) is 0 Å². The van der Waals surface area contributed by atoms with E-state index in [4.69, 9.17) is 52.6 Å². The summed E-state index contributed by atoms with van der Waals surface area (Å²) in [7, 11) is -15.5. The van der Waals surface area contributed by atoms with E-state index >= 15 is 0 Å². The maximum Gasteiger partial charge on any atom is 0.0311 e. The Labute approximate surface area is 101 Å². The molecule has 0 bridgehead atoms. The topological polar surface area (TPSA) is 241 Å². The predicted molar refractivity (Wildman–Crippen MR) is 31.4 cm³/mol. The molecular formula is MnO12S3-6. The summed E-state index contributed by atoms with van der Waals surface area (Å²) >= 11 is 0. The maximum atomic E-state index is 8.52. The molecule has 0 aromatic rings. The molecule has 0 N–H and O–H groups in total. The smallest absolute Gasteiger partial charge is 0.0311 e. The van der Waals surface area contributed by atoms with E-state index in [9.17, 15) is 0 Å². The Kier molecular flexibility index (Phi) is 14.4. The van der Waals surface area contributed by atoms with Gasteiger partial charge in [0.15, 0.2) is 0 Å². The number of hydrogen-bond donors (Lipinski definition) is 0. The van der Waals surface area contributed by atoms with Crippen LogP contribution in [0.15, 0.2) is 0 Å². The summed E-state index contributed by atoms with van der Waals surface area (Å²) in [6.45, 7) is 0. The van der Waals surface area contributed by atoms with Crippen LogP contribution in [0.5, 0.6) is 0 Å². The molecule has 0 atom stereocenters. The van der Waals surface area contributed by atoms with Crippen LogP contribution < -0.4 is 0 Å². The standard InChI is InChI=1S/Mn.3H2O4S/c;3*1-5(2,3)4/h;3*(H2,1,2,3,4)/p-6. The summed E-state index contributed by atoms with van der Waals surface area (Å²) < 4.78 is 102. The fraction of sp³-hybridized carbons (Fsp3) is 0. The maximum absolute atomic E-state index is 8.52. The van der Waals surface area contributed by atoms with Crippen molar-refractivity contribution in [2.24, 2.45) is 0 Å². The first-order valence-electron chi connectivity index (χ1n) is 2.00. The fourth-order valence-electron chi connectivity index (χ4n) is 0. The third-order valence-corrected chi connectivity index (χ3v) is 0. The van der Waals surface area contributed by atoms with Gasteiger partial charge in [0.1, 0.15) is 0 Å². The summed E-state index contributed by atoms with van der Waals surface area (Å²) in [6, 6.07) is 0. The first-order valence-corrected chi connectivity index (χ1v) is 6.00.